The van der Waals surface area contributed by atoms with Crippen LogP contribution in [0.3, 0.4) is 0 Å². The second-order valence-corrected chi connectivity index (χ2v) is 5.59. The second-order valence-electron chi connectivity index (χ2n) is 5.59. The van der Waals surface area contributed by atoms with Crippen LogP contribution in [-0.2, 0) is 24.1 Å². The number of halogens is 2. The van der Waals surface area contributed by atoms with Crippen LogP contribution >= 0.6 is 0 Å². The van der Waals surface area contributed by atoms with Crippen molar-refractivity contribution in [3.63, 3.8) is 0 Å². The summed E-state index contributed by atoms with van der Waals surface area (Å²) in [4.78, 5) is 11.0. The SMILES string of the molecule is O=CCc1c(CCCF)cc(-c2ccccc2)cc1CCCF. The zero-order valence-corrected chi connectivity index (χ0v) is 13.2. The topological polar surface area (TPSA) is 17.1 Å². The minimum absolute atomic E-state index is 0.304. The molecule has 0 aliphatic rings. The van der Waals surface area contributed by atoms with Crippen molar-refractivity contribution in [1.82, 2.24) is 0 Å². The summed E-state index contributed by atoms with van der Waals surface area (Å²) >= 11 is 0. The van der Waals surface area contributed by atoms with Gasteiger partial charge in [-0.1, -0.05) is 42.5 Å². The number of hydrogen-bond donors (Lipinski definition) is 0. The van der Waals surface area contributed by atoms with E-state index in [1.54, 1.807) is 0 Å². The molecule has 0 spiro atoms. The van der Waals surface area contributed by atoms with Crippen molar-refractivity contribution in [3.8, 4) is 11.1 Å². The molecule has 0 atom stereocenters. The highest BCUT2D eigenvalue weighted by Crippen LogP contribution is 2.28. The van der Waals surface area contributed by atoms with Gasteiger partial charge in [-0.25, -0.2) is 0 Å². The Bertz CT molecular complexity index is 594. The van der Waals surface area contributed by atoms with Crippen LogP contribution in [0.4, 0.5) is 8.78 Å². The molecule has 0 fully saturated rings. The molecule has 0 unspecified atom stereocenters. The van der Waals surface area contributed by atoms with Gasteiger partial charge in [0.1, 0.15) is 6.29 Å². The Hall–Kier alpha value is -2.03. The summed E-state index contributed by atoms with van der Waals surface area (Å²) in [5.74, 6) is 0. The molecule has 0 N–H and O–H groups in total. The van der Waals surface area contributed by atoms with Gasteiger partial charge in [-0.05, 0) is 53.5 Å². The lowest BCUT2D eigenvalue weighted by Gasteiger charge is -2.16. The fourth-order valence-corrected chi connectivity index (χ4v) is 2.90. The van der Waals surface area contributed by atoms with Crippen molar-refractivity contribution >= 4 is 6.29 Å². The number of hydrogen-bond acceptors (Lipinski definition) is 1. The maximum Gasteiger partial charge on any atom is 0.124 e. The zero-order chi connectivity index (χ0) is 16.5. The molecule has 0 radical (unpaired) electrons. The normalized spacial score (nSPS) is 10.7. The van der Waals surface area contributed by atoms with Gasteiger partial charge in [-0.15, -0.1) is 0 Å². The van der Waals surface area contributed by atoms with Gasteiger partial charge >= 0.3 is 0 Å². The summed E-state index contributed by atoms with van der Waals surface area (Å²) in [5.41, 5.74) is 5.08. The van der Waals surface area contributed by atoms with Crippen LogP contribution < -0.4 is 0 Å². The third kappa shape index (κ3) is 4.72. The second kappa shape index (κ2) is 9.19. The molecule has 0 amide bonds. The number of aldehydes is 1. The molecular weight excluding hydrogens is 294 g/mol. The van der Waals surface area contributed by atoms with Crippen LogP contribution in [0.1, 0.15) is 29.5 Å². The quantitative estimate of drug-likeness (QED) is 0.601. The van der Waals surface area contributed by atoms with Crippen molar-refractivity contribution in [2.24, 2.45) is 0 Å². The number of aryl methyl sites for hydroxylation is 2. The molecule has 3 heteroatoms. The van der Waals surface area contributed by atoms with Gasteiger partial charge in [0, 0.05) is 6.42 Å². The lowest BCUT2D eigenvalue weighted by molar-refractivity contribution is -0.107. The van der Waals surface area contributed by atoms with Crippen LogP contribution in [0.25, 0.3) is 11.1 Å². The summed E-state index contributed by atoms with van der Waals surface area (Å²) < 4.78 is 25.2. The molecule has 2 rings (SSSR count). The smallest absolute Gasteiger partial charge is 0.124 e. The maximum atomic E-state index is 12.6. The summed E-state index contributed by atoms with van der Waals surface area (Å²) in [5, 5.41) is 0. The molecule has 122 valence electrons. The first-order valence-corrected chi connectivity index (χ1v) is 8.05. The molecule has 0 saturated carbocycles. The minimum Gasteiger partial charge on any atom is -0.303 e. The summed E-state index contributed by atoms with van der Waals surface area (Å²) in [6.45, 7) is -0.758. The summed E-state index contributed by atoms with van der Waals surface area (Å²) in [6.07, 6.45) is 3.25. The molecule has 0 heterocycles. The average molecular weight is 316 g/mol. The van der Waals surface area contributed by atoms with E-state index in [2.05, 4.69) is 0 Å². The molecule has 1 nitrogen and oxygen atoms in total. The third-order valence-corrected chi connectivity index (χ3v) is 3.99. The highest BCUT2D eigenvalue weighted by atomic mass is 19.1. The minimum atomic E-state index is -0.379. The molecular formula is C20H22F2O. The van der Waals surface area contributed by atoms with Gasteiger partial charge in [0.2, 0.25) is 0 Å². The van der Waals surface area contributed by atoms with E-state index >= 15 is 0 Å². The Kier molecular flexibility index (Phi) is 6.92. The van der Waals surface area contributed by atoms with E-state index in [-0.39, 0.29) is 13.3 Å². The molecule has 0 saturated heterocycles. The van der Waals surface area contributed by atoms with E-state index in [1.807, 2.05) is 42.5 Å². The third-order valence-electron chi connectivity index (χ3n) is 3.99. The van der Waals surface area contributed by atoms with E-state index in [0.717, 1.165) is 34.1 Å². The Morgan fingerprint density at radius 1 is 0.826 bits per heavy atom. The van der Waals surface area contributed by atoms with E-state index in [4.69, 9.17) is 0 Å². The van der Waals surface area contributed by atoms with Crippen molar-refractivity contribution < 1.29 is 13.6 Å². The first-order valence-electron chi connectivity index (χ1n) is 8.05. The summed E-state index contributed by atoms with van der Waals surface area (Å²) in [7, 11) is 0. The maximum absolute atomic E-state index is 12.6. The fraction of sp³-hybridized carbons (Fsp3) is 0.350. The first-order chi connectivity index (χ1) is 11.3. The van der Waals surface area contributed by atoms with Crippen LogP contribution in [0.15, 0.2) is 42.5 Å². The molecule has 0 aromatic heterocycles. The Morgan fingerprint density at radius 3 is 1.87 bits per heavy atom. The lowest BCUT2D eigenvalue weighted by Crippen LogP contribution is -2.04. The van der Waals surface area contributed by atoms with Gasteiger partial charge in [-0.3, -0.25) is 8.78 Å². The van der Waals surface area contributed by atoms with Crippen molar-refractivity contribution in [2.75, 3.05) is 13.3 Å². The van der Waals surface area contributed by atoms with Crippen molar-refractivity contribution in [3.05, 3.63) is 59.2 Å². The van der Waals surface area contributed by atoms with E-state index in [0.29, 0.717) is 32.1 Å². The number of carbonyl (C=O) groups is 1. The number of alkyl halides is 2. The average Bonchev–Trinajstić information content (AvgIpc) is 2.60. The van der Waals surface area contributed by atoms with E-state index in [1.165, 1.54) is 0 Å². The lowest BCUT2D eigenvalue weighted by atomic mass is 9.89. The standard InChI is InChI=1S/C20H22F2O/c21-11-4-8-17-14-19(16-6-2-1-3-7-16)15-18(9-5-12-22)20(17)10-13-23/h1-3,6-7,13-15H,4-5,8-12H2. The molecule has 0 aliphatic carbocycles. The number of rotatable bonds is 9. The first kappa shape index (κ1) is 17.3. The van der Waals surface area contributed by atoms with Gasteiger partial charge < -0.3 is 4.79 Å². The zero-order valence-electron chi connectivity index (χ0n) is 13.2. The van der Waals surface area contributed by atoms with Crippen molar-refractivity contribution in [2.45, 2.75) is 32.1 Å². The largest absolute Gasteiger partial charge is 0.303 e. The van der Waals surface area contributed by atoms with Crippen LogP contribution in [0.2, 0.25) is 0 Å². The Labute approximate surface area is 136 Å². The number of carbonyl (C=O) groups excluding carboxylic acids is 1. The molecule has 2 aromatic rings. The Balaban J connectivity index is 2.49. The fourth-order valence-electron chi connectivity index (χ4n) is 2.90. The van der Waals surface area contributed by atoms with Gasteiger partial charge in [0.25, 0.3) is 0 Å². The predicted molar refractivity (Wildman–Crippen MR) is 90.2 cm³/mol. The van der Waals surface area contributed by atoms with E-state index in [9.17, 15) is 13.6 Å². The van der Waals surface area contributed by atoms with Gasteiger partial charge in [0.15, 0.2) is 0 Å². The monoisotopic (exact) mass is 316 g/mol. The molecule has 0 bridgehead atoms. The number of benzene rings is 2. The Morgan fingerprint density at radius 2 is 1.39 bits per heavy atom. The summed E-state index contributed by atoms with van der Waals surface area (Å²) in [6, 6.07) is 14.0. The van der Waals surface area contributed by atoms with Gasteiger partial charge in [0.05, 0.1) is 13.3 Å². The van der Waals surface area contributed by atoms with Crippen LogP contribution in [0.5, 0.6) is 0 Å². The molecule has 23 heavy (non-hydrogen) atoms. The van der Waals surface area contributed by atoms with E-state index < -0.39 is 0 Å². The van der Waals surface area contributed by atoms with Crippen LogP contribution in [0, 0.1) is 0 Å². The molecule has 0 aliphatic heterocycles. The predicted octanol–water partition coefficient (Wildman–Crippen LogP) is 4.90. The van der Waals surface area contributed by atoms with Crippen LogP contribution in [-0.4, -0.2) is 19.6 Å². The van der Waals surface area contributed by atoms with Gasteiger partial charge in [-0.2, -0.15) is 0 Å². The van der Waals surface area contributed by atoms with Crippen molar-refractivity contribution in [1.29, 1.82) is 0 Å². The highest BCUT2D eigenvalue weighted by molar-refractivity contribution is 5.68. The highest BCUT2D eigenvalue weighted by Gasteiger charge is 2.12. The molecule has 2 aromatic carbocycles.